The molecule has 0 bridgehead atoms. The molecule has 0 unspecified atom stereocenters. The first-order valence-corrected chi connectivity index (χ1v) is 11.0. The Morgan fingerprint density at radius 3 is 2.42 bits per heavy atom. The fraction of sp³-hybridized carbons (Fsp3) is 0.417. The molecule has 0 radical (unpaired) electrons. The third-order valence-electron chi connectivity index (χ3n) is 5.35. The number of nitrogens with one attached hydrogen (secondary N) is 2. The van der Waals surface area contributed by atoms with Crippen LogP contribution in [0.5, 0.6) is 5.75 Å². The van der Waals surface area contributed by atoms with E-state index in [9.17, 15) is 22.8 Å². The van der Waals surface area contributed by atoms with E-state index >= 15 is 0 Å². The quantitative estimate of drug-likeness (QED) is 0.543. The van der Waals surface area contributed by atoms with Crippen LogP contribution in [0.15, 0.2) is 48.5 Å². The lowest BCUT2D eigenvalue weighted by atomic mass is 10.1. The number of hydrogen-bond acceptors (Lipinski definition) is 4. The molecular formula is C24H28F3N3O3. The lowest BCUT2D eigenvalue weighted by molar-refractivity contribution is -0.137. The van der Waals surface area contributed by atoms with E-state index in [0.717, 1.165) is 38.2 Å². The third kappa shape index (κ3) is 8.09. The maximum absolute atomic E-state index is 12.8. The van der Waals surface area contributed by atoms with Crippen LogP contribution in [0.3, 0.4) is 0 Å². The largest absolute Gasteiger partial charge is 0.484 e. The molecule has 1 aliphatic rings. The van der Waals surface area contributed by atoms with E-state index in [0.29, 0.717) is 17.9 Å². The highest BCUT2D eigenvalue weighted by Gasteiger charge is 2.30. The van der Waals surface area contributed by atoms with Crippen LogP contribution < -0.4 is 15.4 Å². The minimum absolute atomic E-state index is 0.0331. The zero-order valence-electron chi connectivity index (χ0n) is 18.3. The molecule has 0 spiro atoms. The van der Waals surface area contributed by atoms with Gasteiger partial charge in [0.25, 0.3) is 11.8 Å². The number of carbonyl (C=O) groups is 2. The van der Waals surface area contributed by atoms with Crippen LogP contribution in [-0.4, -0.2) is 49.5 Å². The second-order valence-corrected chi connectivity index (χ2v) is 7.95. The SMILES string of the molecule is O=C(COc1ccc(C(=O)NCCCN2CCCCC2)cc1)Nc1cccc(C(F)(F)F)c1. The van der Waals surface area contributed by atoms with Crippen molar-refractivity contribution in [3.05, 3.63) is 59.7 Å². The summed E-state index contributed by atoms with van der Waals surface area (Å²) in [4.78, 5) is 26.7. The smallest absolute Gasteiger partial charge is 0.416 e. The molecule has 178 valence electrons. The van der Waals surface area contributed by atoms with Gasteiger partial charge in [-0.25, -0.2) is 0 Å². The first-order valence-electron chi connectivity index (χ1n) is 11.0. The Hall–Kier alpha value is -3.07. The molecular weight excluding hydrogens is 435 g/mol. The van der Waals surface area contributed by atoms with Crippen LogP contribution in [0.25, 0.3) is 0 Å². The van der Waals surface area contributed by atoms with Gasteiger partial charge in [0.2, 0.25) is 0 Å². The molecule has 1 heterocycles. The zero-order valence-corrected chi connectivity index (χ0v) is 18.3. The third-order valence-corrected chi connectivity index (χ3v) is 5.35. The van der Waals surface area contributed by atoms with Crippen molar-refractivity contribution >= 4 is 17.5 Å². The van der Waals surface area contributed by atoms with Gasteiger partial charge in [-0.3, -0.25) is 9.59 Å². The number of hydrogen-bond donors (Lipinski definition) is 2. The summed E-state index contributed by atoms with van der Waals surface area (Å²) in [6.07, 6.45) is 0.196. The fourth-order valence-electron chi connectivity index (χ4n) is 3.61. The molecule has 0 atom stereocenters. The molecule has 3 rings (SSSR count). The first-order chi connectivity index (χ1) is 15.8. The maximum Gasteiger partial charge on any atom is 0.416 e. The molecule has 0 aliphatic carbocycles. The van der Waals surface area contributed by atoms with Crippen LogP contribution in [0.1, 0.15) is 41.6 Å². The highest BCUT2D eigenvalue weighted by Crippen LogP contribution is 2.30. The Kier molecular flexibility index (Phi) is 8.71. The van der Waals surface area contributed by atoms with Gasteiger partial charge in [-0.2, -0.15) is 13.2 Å². The van der Waals surface area contributed by atoms with Crippen molar-refractivity contribution < 1.29 is 27.5 Å². The van der Waals surface area contributed by atoms with Crippen molar-refractivity contribution in [2.45, 2.75) is 31.9 Å². The van der Waals surface area contributed by atoms with E-state index in [2.05, 4.69) is 15.5 Å². The second kappa shape index (κ2) is 11.7. The predicted octanol–water partition coefficient (Wildman–Crippen LogP) is 4.33. The molecule has 1 saturated heterocycles. The summed E-state index contributed by atoms with van der Waals surface area (Å²) in [5.41, 5.74) is -0.332. The average Bonchev–Trinajstić information content (AvgIpc) is 2.81. The van der Waals surface area contributed by atoms with E-state index in [4.69, 9.17) is 4.74 Å². The number of rotatable bonds is 9. The number of anilines is 1. The molecule has 2 N–H and O–H groups in total. The Bertz CT molecular complexity index is 927. The Morgan fingerprint density at radius 2 is 1.73 bits per heavy atom. The second-order valence-electron chi connectivity index (χ2n) is 7.95. The van der Waals surface area contributed by atoms with Crippen molar-refractivity contribution in [1.29, 1.82) is 0 Å². The Labute approximate surface area is 191 Å². The highest BCUT2D eigenvalue weighted by atomic mass is 19.4. The number of likely N-dealkylation sites (tertiary alicyclic amines) is 1. The Morgan fingerprint density at radius 1 is 1.00 bits per heavy atom. The van der Waals surface area contributed by atoms with Gasteiger partial charge in [0.1, 0.15) is 5.75 Å². The number of halogens is 3. The van der Waals surface area contributed by atoms with Crippen molar-refractivity contribution in [3.63, 3.8) is 0 Å². The molecule has 9 heteroatoms. The molecule has 0 saturated carbocycles. The lowest BCUT2D eigenvalue weighted by Crippen LogP contribution is -2.33. The molecule has 1 fully saturated rings. The van der Waals surface area contributed by atoms with Crippen LogP contribution in [0.2, 0.25) is 0 Å². The van der Waals surface area contributed by atoms with Gasteiger partial charge in [0.15, 0.2) is 6.61 Å². The number of amides is 2. The van der Waals surface area contributed by atoms with Gasteiger partial charge < -0.3 is 20.3 Å². The number of benzene rings is 2. The van der Waals surface area contributed by atoms with Crippen molar-refractivity contribution in [1.82, 2.24) is 10.2 Å². The minimum atomic E-state index is -4.49. The summed E-state index contributed by atoms with van der Waals surface area (Å²) in [7, 11) is 0. The normalized spacial score (nSPS) is 14.5. The zero-order chi connectivity index (χ0) is 23.7. The molecule has 2 amide bonds. The highest BCUT2D eigenvalue weighted by molar-refractivity contribution is 5.94. The maximum atomic E-state index is 12.8. The summed E-state index contributed by atoms with van der Waals surface area (Å²) in [6.45, 7) is 3.47. The van der Waals surface area contributed by atoms with Crippen LogP contribution >= 0.6 is 0 Å². The number of nitrogens with zero attached hydrogens (tertiary/aromatic N) is 1. The van der Waals surface area contributed by atoms with Crippen molar-refractivity contribution in [2.24, 2.45) is 0 Å². The van der Waals surface area contributed by atoms with Crippen LogP contribution in [0, 0.1) is 0 Å². The van der Waals surface area contributed by atoms with Gasteiger partial charge in [0, 0.05) is 17.8 Å². The van der Waals surface area contributed by atoms with Crippen molar-refractivity contribution in [2.75, 3.05) is 38.1 Å². The van der Waals surface area contributed by atoms with Crippen molar-refractivity contribution in [3.8, 4) is 5.75 Å². The lowest BCUT2D eigenvalue weighted by Gasteiger charge is -2.26. The Balaban J connectivity index is 1.39. The fourth-order valence-corrected chi connectivity index (χ4v) is 3.61. The van der Waals surface area contributed by atoms with Crippen LogP contribution in [-0.2, 0) is 11.0 Å². The van der Waals surface area contributed by atoms with Crippen LogP contribution in [0.4, 0.5) is 18.9 Å². The molecule has 2 aromatic rings. The summed E-state index contributed by atoms with van der Waals surface area (Å²) in [5, 5.41) is 5.28. The predicted molar refractivity (Wildman–Crippen MR) is 119 cm³/mol. The minimum Gasteiger partial charge on any atom is -0.484 e. The van der Waals surface area contributed by atoms with Gasteiger partial charge in [-0.05, 0) is 81.4 Å². The summed E-state index contributed by atoms with van der Waals surface area (Å²) in [5.74, 6) is -0.400. The van der Waals surface area contributed by atoms with E-state index in [-0.39, 0.29) is 18.2 Å². The van der Waals surface area contributed by atoms with Gasteiger partial charge in [0.05, 0.1) is 5.56 Å². The molecule has 2 aromatic carbocycles. The molecule has 0 aromatic heterocycles. The molecule has 6 nitrogen and oxygen atoms in total. The van der Waals surface area contributed by atoms with E-state index in [1.54, 1.807) is 24.3 Å². The topological polar surface area (TPSA) is 70.7 Å². The first kappa shape index (κ1) is 24.6. The van der Waals surface area contributed by atoms with E-state index in [1.165, 1.54) is 31.4 Å². The summed E-state index contributed by atoms with van der Waals surface area (Å²) in [6, 6.07) is 10.7. The number of alkyl halides is 3. The number of ether oxygens (including phenoxy) is 1. The number of carbonyl (C=O) groups excluding carboxylic acids is 2. The average molecular weight is 464 g/mol. The van der Waals surface area contributed by atoms with E-state index < -0.39 is 17.6 Å². The number of piperidine rings is 1. The van der Waals surface area contributed by atoms with Gasteiger partial charge in [-0.1, -0.05) is 12.5 Å². The monoisotopic (exact) mass is 463 g/mol. The summed E-state index contributed by atoms with van der Waals surface area (Å²) >= 11 is 0. The van der Waals surface area contributed by atoms with Gasteiger partial charge in [-0.15, -0.1) is 0 Å². The van der Waals surface area contributed by atoms with E-state index in [1.807, 2.05) is 0 Å². The molecule has 1 aliphatic heterocycles. The standard InChI is InChI=1S/C24H28F3N3O3/c25-24(26,27)19-6-4-7-20(16-19)29-22(31)17-33-21-10-8-18(9-11-21)23(32)28-12-5-15-30-13-2-1-3-14-30/h4,6-11,16H,1-3,5,12-15,17H2,(H,28,32)(H,29,31). The summed E-state index contributed by atoms with van der Waals surface area (Å²) < 4.78 is 43.6. The van der Waals surface area contributed by atoms with Gasteiger partial charge >= 0.3 is 6.18 Å². The molecule has 33 heavy (non-hydrogen) atoms.